The van der Waals surface area contributed by atoms with E-state index >= 15 is 0 Å². The topological polar surface area (TPSA) is 127 Å². The smallest absolute Gasteiger partial charge is 0.269 e. The molecule has 9 nitrogen and oxygen atoms in total. The highest BCUT2D eigenvalue weighted by atomic mass is 16.6. The van der Waals surface area contributed by atoms with Crippen molar-refractivity contribution in [2.75, 3.05) is 5.43 Å². The molecule has 0 radical (unpaired) electrons. The summed E-state index contributed by atoms with van der Waals surface area (Å²) in [5.41, 5.74) is 5.50. The lowest BCUT2D eigenvalue weighted by molar-refractivity contribution is -0.385. The zero-order chi connectivity index (χ0) is 16.1. The average molecular weight is 302 g/mol. The predicted molar refractivity (Wildman–Crippen MR) is 77.3 cm³/mol. The molecule has 0 aliphatic carbocycles. The van der Waals surface area contributed by atoms with Crippen LogP contribution in [-0.4, -0.2) is 15.8 Å². The first-order chi connectivity index (χ1) is 10.5. The van der Waals surface area contributed by atoms with Gasteiger partial charge in [0, 0.05) is 29.8 Å². The molecular formula is C13H10N4O5. The summed E-state index contributed by atoms with van der Waals surface area (Å²) in [5, 5.41) is 21.0. The first-order valence-corrected chi connectivity index (χ1v) is 6.02. The van der Waals surface area contributed by atoms with Crippen LogP contribution in [0.15, 0.2) is 48.5 Å². The number of rotatable bonds is 5. The van der Waals surface area contributed by atoms with Crippen LogP contribution < -0.4 is 10.9 Å². The molecule has 2 aromatic rings. The van der Waals surface area contributed by atoms with Crippen molar-refractivity contribution in [2.24, 2.45) is 0 Å². The molecule has 0 aliphatic heterocycles. The highest BCUT2D eigenvalue weighted by molar-refractivity contribution is 5.95. The van der Waals surface area contributed by atoms with Gasteiger partial charge < -0.3 is 0 Å². The minimum atomic E-state index is -0.559. The summed E-state index contributed by atoms with van der Waals surface area (Å²) in [7, 11) is 0. The van der Waals surface area contributed by atoms with Crippen LogP contribution >= 0.6 is 0 Å². The quantitative estimate of drug-likeness (QED) is 0.644. The minimum absolute atomic E-state index is 0.0627. The van der Waals surface area contributed by atoms with E-state index in [0.717, 1.165) is 0 Å². The van der Waals surface area contributed by atoms with Crippen LogP contribution in [0.2, 0.25) is 0 Å². The lowest BCUT2D eigenvalue weighted by Gasteiger charge is -2.08. The van der Waals surface area contributed by atoms with E-state index in [1.807, 2.05) is 0 Å². The number of hydrogen-bond donors (Lipinski definition) is 2. The number of amides is 1. The fraction of sp³-hybridized carbons (Fsp3) is 0. The molecule has 2 rings (SSSR count). The zero-order valence-electron chi connectivity index (χ0n) is 11.1. The maximum atomic E-state index is 11.8. The Labute approximate surface area is 123 Å². The average Bonchev–Trinajstić information content (AvgIpc) is 2.53. The first kappa shape index (κ1) is 14.9. The molecule has 0 unspecified atom stereocenters. The van der Waals surface area contributed by atoms with E-state index in [1.165, 1.54) is 48.5 Å². The highest BCUT2D eigenvalue weighted by Crippen LogP contribution is 2.15. The van der Waals surface area contributed by atoms with Gasteiger partial charge in [-0.1, -0.05) is 0 Å². The zero-order valence-corrected chi connectivity index (χ0v) is 11.1. The van der Waals surface area contributed by atoms with Crippen LogP contribution in [0.25, 0.3) is 0 Å². The van der Waals surface area contributed by atoms with Gasteiger partial charge in [-0.3, -0.25) is 35.9 Å². The van der Waals surface area contributed by atoms with Crippen LogP contribution in [-0.2, 0) is 0 Å². The monoisotopic (exact) mass is 302 g/mol. The van der Waals surface area contributed by atoms with Crippen LogP contribution in [0.3, 0.4) is 0 Å². The van der Waals surface area contributed by atoms with Crippen molar-refractivity contribution in [3.05, 3.63) is 74.3 Å². The number of nitro benzene ring substituents is 2. The summed E-state index contributed by atoms with van der Waals surface area (Å²) in [6.07, 6.45) is 0. The third-order valence-electron chi connectivity index (χ3n) is 2.74. The van der Waals surface area contributed by atoms with Crippen LogP contribution in [0.4, 0.5) is 17.1 Å². The number of nitro groups is 2. The van der Waals surface area contributed by atoms with Gasteiger partial charge in [0.1, 0.15) is 0 Å². The molecule has 0 aromatic heterocycles. The summed E-state index contributed by atoms with van der Waals surface area (Å²) < 4.78 is 0. The number of hydrogen-bond acceptors (Lipinski definition) is 6. The summed E-state index contributed by atoms with van der Waals surface area (Å²) in [6, 6.07) is 10.6. The van der Waals surface area contributed by atoms with Crippen molar-refractivity contribution >= 4 is 23.0 Å². The number of nitrogens with one attached hydrogen (secondary N) is 2. The van der Waals surface area contributed by atoms with Crippen LogP contribution in [0, 0.1) is 20.2 Å². The molecule has 1 amide bonds. The molecule has 0 bridgehead atoms. The molecule has 9 heteroatoms. The number of non-ortho nitro benzene ring substituents is 2. The molecular weight excluding hydrogens is 292 g/mol. The Morgan fingerprint density at radius 3 is 1.73 bits per heavy atom. The van der Waals surface area contributed by atoms with Crippen molar-refractivity contribution in [3.63, 3.8) is 0 Å². The van der Waals surface area contributed by atoms with E-state index in [-0.39, 0.29) is 16.9 Å². The number of nitrogens with zero attached hydrogens (tertiary/aromatic N) is 2. The van der Waals surface area contributed by atoms with Gasteiger partial charge in [0.05, 0.1) is 15.5 Å². The molecule has 0 spiro atoms. The van der Waals surface area contributed by atoms with Gasteiger partial charge in [-0.2, -0.15) is 0 Å². The van der Waals surface area contributed by atoms with E-state index in [1.54, 1.807) is 0 Å². The standard InChI is InChI=1S/C13H10N4O5/c18-13(9-1-5-11(6-2-9)16(19)20)15-14-10-3-7-12(8-4-10)17(21)22/h1-8,14H,(H,15,18). The van der Waals surface area contributed by atoms with Gasteiger partial charge in [-0.05, 0) is 24.3 Å². The molecule has 0 saturated heterocycles. The number of benzene rings is 2. The van der Waals surface area contributed by atoms with Crippen molar-refractivity contribution < 1.29 is 14.6 Å². The van der Waals surface area contributed by atoms with Crippen LogP contribution in [0.1, 0.15) is 10.4 Å². The SMILES string of the molecule is O=C(NNc1ccc([N+](=O)[O-])cc1)c1ccc([N+](=O)[O-])cc1. The predicted octanol–water partition coefficient (Wildman–Crippen LogP) is 2.26. The number of anilines is 1. The van der Waals surface area contributed by atoms with E-state index < -0.39 is 15.8 Å². The lowest BCUT2D eigenvalue weighted by atomic mass is 10.2. The third-order valence-corrected chi connectivity index (χ3v) is 2.74. The molecule has 0 fully saturated rings. The summed E-state index contributed by atoms with van der Waals surface area (Å²) in [5.74, 6) is -0.492. The fourth-order valence-electron chi connectivity index (χ4n) is 1.60. The normalized spacial score (nSPS) is 9.82. The number of carbonyl (C=O) groups excluding carboxylic acids is 1. The van der Waals surface area contributed by atoms with E-state index in [2.05, 4.69) is 10.9 Å². The Balaban J connectivity index is 1.97. The fourth-order valence-corrected chi connectivity index (χ4v) is 1.60. The van der Waals surface area contributed by atoms with Crippen LogP contribution in [0.5, 0.6) is 0 Å². The second kappa shape index (κ2) is 6.31. The van der Waals surface area contributed by atoms with Gasteiger partial charge in [0.25, 0.3) is 17.3 Å². The molecule has 0 saturated carbocycles. The van der Waals surface area contributed by atoms with Gasteiger partial charge in [0.2, 0.25) is 0 Å². The molecule has 0 aliphatic rings. The van der Waals surface area contributed by atoms with Crippen molar-refractivity contribution in [3.8, 4) is 0 Å². The second-order valence-electron chi connectivity index (χ2n) is 4.19. The Hall–Kier alpha value is -3.49. The third kappa shape index (κ3) is 3.54. The maximum Gasteiger partial charge on any atom is 0.269 e. The van der Waals surface area contributed by atoms with E-state index in [0.29, 0.717) is 5.69 Å². The summed E-state index contributed by atoms with van der Waals surface area (Å²) >= 11 is 0. The Morgan fingerprint density at radius 1 is 0.818 bits per heavy atom. The summed E-state index contributed by atoms with van der Waals surface area (Å²) in [4.78, 5) is 31.8. The first-order valence-electron chi connectivity index (χ1n) is 6.02. The minimum Gasteiger partial charge on any atom is -0.298 e. The number of hydrazine groups is 1. The van der Waals surface area contributed by atoms with E-state index in [9.17, 15) is 25.0 Å². The summed E-state index contributed by atoms with van der Waals surface area (Å²) in [6.45, 7) is 0. The Kier molecular flexibility index (Phi) is 4.27. The Morgan fingerprint density at radius 2 is 1.27 bits per heavy atom. The molecule has 22 heavy (non-hydrogen) atoms. The largest absolute Gasteiger partial charge is 0.298 e. The highest BCUT2D eigenvalue weighted by Gasteiger charge is 2.09. The molecule has 0 heterocycles. The van der Waals surface area contributed by atoms with E-state index in [4.69, 9.17) is 0 Å². The van der Waals surface area contributed by atoms with Gasteiger partial charge in [-0.25, -0.2) is 0 Å². The van der Waals surface area contributed by atoms with Gasteiger partial charge >= 0.3 is 0 Å². The maximum absolute atomic E-state index is 11.8. The molecule has 0 atom stereocenters. The van der Waals surface area contributed by atoms with Crippen molar-refractivity contribution in [1.29, 1.82) is 0 Å². The van der Waals surface area contributed by atoms with Gasteiger partial charge in [-0.15, -0.1) is 0 Å². The molecule has 2 aromatic carbocycles. The molecule has 112 valence electrons. The van der Waals surface area contributed by atoms with Crippen molar-refractivity contribution in [1.82, 2.24) is 5.43 Å². The Bertz CT molecular complexity index is 712. The second-order valence-corrected chi connectivity index (χ2v) is 4.19. The number of carbonyl (C=O) groups is 1. The molecule has 2 N–H and O–H groups in total. The van der Waals surface area contributed by atoms with Gasteiger partial charge in [0.15, 0.2) is 0 Å². The lowest BCUT2D eigenvalue weighted by Crippen LogP contribution is -2.29. The van der Waals surface area contributed by atoms with Crippen molar-refractivity contribution in [2.45, 2.75) is 0 Å².